The van der Waals surface area contributed by atoms with E-state index in [0.717, 1.165) is 130 Å². The molecular weight excluding hydrogens is 531 g/mol. The second-order valence-electron chi connectivity index (χ2n) is 9.59. The fraction of sp³-hybridized carbons (Fsp3) is 1.00. The van der Waals surface area contributed by atoms with Crippen molar-refractivity contribution in [3.8, 4) is 0 Å². The van der Waals surface area contributed by atoms with Crippen LogP contribution in [0, 0.1) is 0 Å². The van der Waals surface area contributed by atoms with E-state index in [0.29, 0.717) is 19.8 Å². The first-order valence-electron chi connectivity index (χ1n) is 14.7. The third-order valence-corrected chi connectivity index (χ3v) is 6.49. The van der Waals surface area contributed by atoms with Gasteiger partial charge in [-0.05, 0) is 96.9 Å². The Bertz CT molecular complexity index is 410. The van der Waals surface area contributed by atoms with Crippen LogP contribution in [0.15, 0.2) is 0 Å². The molecule has 0 aromatic rings. The van der Waals surface area contributed by atoms with Gasteiger partial charge in [0, 0.05) is 57.9 Å². The van der Waals surface area contributed by atoms with Crippen molar-refractivity contribution in [3.05, 3.63) is 0 Å². The van der Waals surface area contributed by atoms with Crippen molar-refractivity contribution >= 4 is 23.2 Å². The van der Waals surface area contributed by atoms with Crippen molar-refractivity contribution in [2.24, 2.45) is 0 Å². The lowest BCUT2D eigenvalue weighted by atomic mass is 10.3. The van der Waals surface area contributed by atoms with Crippen LogP contribution in [0.2, 0.25) is 0 Å². The maximum atomic E-state index is 9.33. The van der Waals surface area contributed by atoms with E-state index >= 15 is 0 Å². The number of ether oxygens (including phenoxy) is 3. The van der Waals surface area contributed by atoms with E-state index in [4.69, 9.17) is 37.4 Å². The van der Waals surface area contributed by atoms with E-state index in [1.165, 1.54) is 0 Å². The summed E-state index contributed by atoms with van der Waals surface area (Å²) in [5.74, 6) is 0.556. The lowest BCUT2D eigenvalue weighted by Crippen LogP contribution is -2.28. The van der Waals surface area contributed by atoms with Crippen LogP contribution in [0.5, 0.6) is 0 Å². The maximum absolute atomic E-state index is 9.33. The van der Waals surface area contributed by atoms with Crippen LogP contribution in [0.4, 0.5) is 0 Å². The third kappa shape index (κ3) is 32.4. The van der Waals surface area contributed by atoms with Gasteiger partial charge in [-0.15, -0.1) is 23.2 Å². The molecule has 0 aromatic carbocycles. The number of alkyl halides is 2. The normalized spacial score (nSPS) is 13.3. The molecule has 0 fully saturated rings. The largest absolute Gasteiger partial charge is 0.391 e. The Balaban J connectivity index is 3.05. The first-order chi connectivity index (χ1) is 18.7. The minimum atomic E-state index is -0.457. The summed E-state index contributed by atoms with van der Waals surface area (Å²) in [6.45, 7) is 10.6. The minimum absolute atomic E-state index is 0.277. The number of unbranched alkanes of at least 4 members (excludes halogenated alkanes) is 5. The standard InChI is InChI=1S/C27H58Cl2N4O5/c28-21-26(34)23-31-13-3-7-17-36-16-6-1-11-30-12-2-10-20-38-25-33-15-5-9-19-37-18-8-4-14-32-24-27(35)22-29/h26-27,30-35H,1-25H2. The Kier molecular flexibility index (Phi) is 33.6. The average Bonchev–Trinajstić information content (AvgIpc) is 2.93. The number of hydrogen-bond acceptors (Lipinski definition) is 9. The molecule has 2 unspecified atom stereocenters. The molecule has 0 aromatic heterocycles. The van der Waals surface area contributed by atoms with Crippen LogP contribution in [-0.4, -0.2) is 120 Å². The number of hydrogen-bond donors (Lipinski definition) is 6. The first-order valence-corrected chi connectivity index (χ1v) is 15.8. The Labute approximate surface area is 242 Å². The van der Waals surface area contributed by atoms with Gasteiger partial charge in [0.25, 0.3) is 0 Å². The second-order valence-corrected chi connectivity index (χ2v) is 10.2. The summed E-state index contributed by atoms with van der Waals surface area (Å²) >= 11 is 11.1. The highest BCUT2D eigenvalue weighted by atomic mass is 35.5. The molecule has 0 amide bonds. The van der Waals surface area contributed by atoms with Gasteiger partial charge in [-0.25, -0.2) is 0 Å². The quantitative estimate of drug-likeness (QED) is 0.0390. The Morgan fingerprint density at radius 3 is 1.18 bits per heavy atom. The second kappa shape index (κ2) is 33.4. The minimum Gasteiger partial charge on any atom is -0.391 e. The van der Waals surface area contributed by atoms with Gasteiger partial charge in [-0.1, -0.05) is 0 Å². The highest BCUT2D eigenvalue weighted by molar-refractivity contribution is 6.18. The van der Waals surface area contributed by atoms with Crippen molar-refractivity contribution in [1.29, 1.82) is 0 Å². The maximum Gasteiger partial charge on any atom is 0.0965 e. The van der Waals surface area contributed by atoms with Crippen LogP contribution in [0.25, 0.3) is 0 Å². The van der Waals surface area contributed by atoms with Crippen molar-refractivity contribution < 1.29 is 24.4 Å². The molecular formula is C27H58Cl2N4O5. The van der Waals surface area contributed by atoms with Gasteiger partial charge < -0.3 is 40.4 Å². The van der Waals surface area contributed by atoms with E-state index in [9.17, 15) is 10.2 Å². The van der Waals surface area contributed by atoms with Crippen LogP contribution in [-0.2, 0) is 14.2 Å². The van der Waals surface area contributed by atoms with Crippen LogP contribution < -0.4 is 21.3 Å². The van der Waals surface area contributed by atoms with Crippen LogP contribution in [0.1, 0.15) is 64.2 Å². The topological polar surface area (TPSA) is 116 Å². The summed E-state index contributed by atoms with van der Waals surface area (Å²) in [6.07, 6.45) is 9.86. The summed E-state index contributed by atoms with van der Waals surface area (Å²) in [4.78, 5) is 0. The van der Waals surface area contributed by atoms with Gasteiger partial charge in [-0.2, -0.15) is 0 Å². The number of rotatable bonds is 33. The summed E-state index contributed by atoms with van der Waals surface area (Å²) in [5, 5.41) is 31.8. The van der Waals surface area contributed by atoms with Gasteiger partial charge in [0.15, 0.2) is 0 Å². The monoisotopic (exact) mass is 588 g/mol. The molecule has 6 N–H and O–H groups in total. The Morgan fingerprint density at radius 1 is 0.447 bits per heavy atom. The van der Waals surface area contributed by atoms with E-state index in [1.54, 1.807) is 0 Å². The molecule has 0 aliphatic carbocycles. The Hall–Kier alpha value is 0.220. The van der Waals surface area contributed by atoms with Gasteiger partial charge >= 0.3 is 0 Å². The molecule has 0 aliphatic heterocycles. The lowest BCUT2D eigenvalue weighted by Gasteiger charge is -2.09. The van der Waals surface area contributed by atoms with Crippen molar-refractivity contribution in [3.63, 3.8) is 0 Å². The molecule has 0 radical (unpaired) electrons. The number of nitrogens with one attached hydrogen (secondary N) is 4. The third-order valence-electron chi connectivity index (χ3n) is 5.78. The lowest BCUT2D eigenvalue weighted by molar-refractivity contribution is 0.109. The zero-order valence-corrected chi connectivity index (χ0v) is 25.2. The molecule has 0 bridgehead atoms. The van der Waals surface area contributed by atoms with Gasteiger partial charge in [0.1, 0.15) is 0 Å². The smallest absolute Gasteiger partial charge is 0.0965 e. The Morgan fingerprint density at radius 2 is 0.789 bits per heavy atom. The summed E-state index contributed by atoms with van der Waals surface area (Å²) in [6, 6.07) is 0. The SMILES string of the molecule is OC(CCl)CNCCCCOCCCCNCCCCOCNCCCCOCCCCNCC(O)CCl. The molecule has 0 heterocycles. The molecule has 0 aliphatic rings. The molecule has 0 spiro atoms. The number of halogens is 2. The first kappa shape index (κ1) is 38.2. The number of aliphatic hydroxyl groups excluding tert-OH is 2. The molecule has 38 heavy (non-hydrogen) atoms. The molecule has 0 saturated carbocycles. The number of aliphatic hydroxyl groups is 2. The molecule has 9 nitrogen and oxygen atoms in total. The van der Waals surface area contributed by atoms with E-state index < -0.39 is 12.2 Å². The fourth-order valence-electron chi connectivity index (χ4n) is 3.46. The van der Waals surface area contributed by atoms with Gasteiger partial charge in [-0.3, -0.25) is 5.32 Å². The van der Waals surface area contributed by atoms with Crippen molar-refractivity contribution in [1.82, 2.24) is 21.3 Å². The van der Waals surface area contributed by atoms with E-state index in [1.807, 2.05) is 0 Å². The molecule has 0 saturated heterocycles. The van der Waals surface area contributed by atoms with Crippen molar-refractivity contribution in [2.75, 3.05) is 97.3 Å². The summed E-state index contributed by atoms with van der Waals surface area (Å²) < 4.78 is 17.0. The summed E-state index contributed by atoms with van der Waals surface area (Å²) in [5.41, 5.74) is 0. The van der Waals surface area contributed by atoms with Crippen LogP contribution in [0.3, 0.4) is 0 Å². The zero-order chi connectivity index (χ0) is 27.8. The molecule has 2 atom stereocenters. The van der Waals surface area contributed by atoms with Gasteiger partial charge in [0.05, 0.1) is 18.9 Å². The summed E-state index contributed by atoms with van der Waals surface area (Å²) in [7, 11) is 0. The predicted octanol–water partition coefficient (Wildman–Crippen LogP) is 2.45. The van der Waals surface area contributed by atoms with Crippen LogP contribution >= 0.6 is 23.2 Å². The van der Waals surface area contributed by atoms with E-state index in [-0.39, 0.29) is 11.8 Å². The zero-order valence-electron chi connectivity index (χ0n) is 23.7. The average molecular weight is 590 g/mol. The molecule has 230 valence electrons. The highest BCUT2D eigenvalue weighted by Gasteiger charge is 2.01. The van der Waals surface area contributed by atoms with E-state index in [2.05, 4.69) is 21.3 Å². The molecule has 11 heteroatoms. The molecule has 0 rings (SSSR count). The van der Waals surface area contributed by atoms with Crippen molar-refractivity contribution in [2.45, 2.75) is 76.4 Å². The van der Waals surface area contributed by atoms with Gasteiger partial charge in [0.2, 0.25) is 0 Å². The predicted molar refractivity (Wildman–Crippen MR) is 159 cm³/mol. The highest BCUT2D eigenvalue weighted by Crippen LogP contribution is 1.96. The fourth-order valence-corrected chi connectivity index (χ4v) is 3.68.